The zero-order valence-electron chi connectivity index (χ0n) is 17.2. The van der Waals surface area contributed by atoms with Crippen molar-refractivity contribution in [3.05, 3.63) is 93.4 Å². The van der Waals surface area contributed by atoms with Gasteiger partial charge in [0.2, 0.25) is 0 Å². The number of halogens is 4. The minimum Gasteiger partial charge on any atom is -0.487 e. The van der Waals surface area contributed by atoms with Crippen molar-refractivity contribution in [3.8, 4) is 5.75 Å². The Kier molecular flexibility index (Phi) is 8.27. The second kappa shape index (κ2) is 11.0. The van der Waals surface area contributed by atoms with Crippen LogP contribution in [0, 0.1) is 14.1 Å². The van der Waals surface area contributed by atoms with Gasteiger partial charge in [0.25, 0.3) is 5.91 Å². The second-order valence-electron chi connectivity index (χ2n) is 7.14. The summed E-state index contributed by atoms with van der Waals surface area (Å²) in [6.07, 6.45) is 1.84. The first-order valence-corrected chi connectivity index (χ1v) is 13.4. The van der Waals surface area contributed by atoms with E-state index in [1.165, 1.54) is 17.3 Å². The van der Waals surface area contributed by atoms with Gasteiger partial charge in [-0.05, 0) is 105 Å². The summed E-state index contributed by atoms with van der Waals surface area (Å²) in [5, 5.41) is 4.00. The van der Waals surface area contributed by atoms with Crippen LogP contribution in [0.25, 0.3) is 6.08 Å². The number of amidine groups is 1. The van der Waals surface area contributed by atoms with Gasteiger partial charge in [0.05, 0.1) is 27.8 Å². The average molecular weight is 721 g/mol. The number of rotatable bonds is 5. The van der Waals surface area contributed by atoms with Crippen LogP contribution < -0.4 is 10.1 Å². The number of hydrogen-bond acceptors (Lipinski definition) is 4. The van der Waals surface area contributed by atoms with Gasteiger partial charge in [-0.3, -0.25) is 4.79 Å². The number of nitrogens with zero attached hydrogens (tertiary/aromatic N) is 1. The Hall–Kier alpha value is -1.27. The quantitative estimate of drug-likeness (QED) is 0.215. The third kappa shape index (κ3) is 6.25. The van der Waals surface area contributed by atoms with Crippen LogP contribution in [0.5, 0.6) is 5.75 Å². The molecule has 1 aliphatic rings. The third-order valence-corrected chi connectivity index (χ3v) is 7.95. The topological polar surface area (TPSA) is 50.7 Å². The summed E-state index contributed by atoms with van der Waals surface area (Å²) < 4.78 is 8.03. The molecule has 0 atom stereocenters. The molecule has 1 saturated heterocycles. The number of carbonyl (C=O) groups is 1. The van der Waals surface area contributed by atoms with Crippen molar-refractivity contribution in [3.63, 3.8) is 0 Å². The van der Waals surface area contributed by atoms with Gasteiger partial charge in [0.15, 0.2) is 5.17 Å². The zero-order valence-corrected chi connectivity index (χ0v) is 23.8. The lowest BCUT2D eigenvalue weighted by Crippen LogP contribution is -2.19. The Labute approximate surface area is 233 Å². The van der Waals surface area contributed by atoms with E-state index in [0.29, 0.717) is 32.4 Å². The van der Waals surface area contributed by atoms with E-state index in [4.69, 9.17) is 27.9 Å². The minimum absolute atomic E-state index is 0.207. The highest BCUT2D eigenvalue weighted by molar-refractivity contribution is 14.1. The van der Waals surface area contributed by atoms with E-state index in [9.17, 15) is 4.79 Å². The Bertz CT molecular complexity index is 1270. The Morgan fingerprint density at radius 1 is 1.09 bits per heavy atom. The van der Waals surface area contributed by atoms with Crippen molar-refractivity contribution in [2.45, 2.75) is 13.5 Å². The molecule has 0 radical (unpaired) electrons. The third-order valence-electron chi connectivity index (χ3n) is 4.63. The van der Waals surface area contributed by atoms with Crippen LogP contribution in [-0.2, 0) is 11.4 Å². The Morgan fingerprint density at radius 3 is 2.48 bits per heavy atom. The number of aryl methyl sites for hydroxylation is 1. The molecule has 0 spiro atoms. The van der Waals surface area contributed by atoms with Crippen LogP contribution in [0.15, 0.2) is 64.5 Å². The van der Waals surface area contributed by atoms with Crippen LogP contribution in [0.2, 0.25) is 10.0 Å². The number of hydrogen-bond donors (Lipinski definition) is 1. The largest absolute Gasteiger partial charge is 0.487 e. The maximum Gasteiger partial charge on any atom is 0.264 e. The van der Waals surface area contributed by atoms with Crippen molar-refractivity contribution < 1.29 is 9.53 Å². The summed E-state index contributed by atoms with van der Waals surface area (Å²) in [6.45, 7) is 2.56. The monoisotopic (exact) mass is 720 g/mol. The molecule has 0 bridgehead atoms. The van der Waals surface area contributed by atoms with Gasteiger partial charge in [0.1, 0.15) is 12.4 Å². The van der Waals surface area contributed by atoms with E-state index in [1.54, 1.807) is 18.2 Å². The molecular formula is C24H16Cl2I2N2O2S. The summed E-state index contributed by atoms with van der Waals surface area (Å²) in [7, 11) is 0. The molecule has 4 rings (SSSR count). The molecule has 1 fully saturated rings. The molecule has 0 unspecified atom stereocenters. The molecule has 0 aromatic heterocycles. The molecule has 168 valence electrons. The standard InChI is InChI=1S/C24H16Cl2I2N2O2S/c1-13-5-7-14(8-6-13)12-32-22-17(27)9-15(10-18(22)28)11-20-23(31)30-24(33-20)29-19-4-2-3-16(25)21(19)26/h2-11H,12H2,1H3,(H,29,30,31)/b20-11+. The number of aliphatic imine (C=N–C) groups is 1. The first kappa shape index (κ1) is 24.8. The van der Waals surface area contributed by atoms with Crippen molar-refractivity contribution in [1.29, 1.82) is 0 Å². The SMILES string of the molecule is Cc1ccc(COc2c(I)cc(/C=C3/SC(=Nc4cccc(Cl)c4Cl)NC3=O)cc2I)cc1. The predicted molar refractivity (Wildman–Crippen MR) is 155 cm³/mol. The van der Waals surface area contributed by atoms with Gasteiger partial charge in [-0.15, -0.1) is 0 Å². The Morgan fingerprint density at radius 2 is 1.79 bits per heavy atom. The van der Waals surface area contributed by atoms with Crippen LogP contribution >= 0.6 is 80.1 Å². The maximum atomic E-state index is 12.5. The van der Waals surface area contributed by atoms with Gasteiger partial charge >= 0.3 is 0 Å². The van der Waals surface area contributed by atoms with Gasteiger partial charge in [-0.1, -0.05) is 59.1 Å². The summed E-state index contributed by atoms with van der Waals surface area (Å²) in [4.78, 5) is 17.5. The molecule has 3 aromatic carbocycles. The van der Waals surface area contributed by atoms with E-state index in [1.807, 2.05) is 18.2 Å². The van der Waals surface area contributed by atoms with Crippen molar-refractivity contribution in [2.75, 3.05) is 0 Å². The number of nitrogens with one attached hydrogen (secondary N) is 1. The fourth-order valence-corrected chi connectivity index (χ4v) is 6.26. The van der Waals surface area contributed by atoms with Crippen LogP contribution in [0.1, 0.15) is 16.7 Å². The molecule has 1 aliphatic heterocycles. The highest BCUT2D eigenvalue weighted by atomic mass is 127. The van der Waals surface area contributed by atoms with Crippen LogP contribution in [-0.4, -0.2) is 11.1 Å². The number of thioether (sulfide) groups is 1. The van der Waals surface area contributed by atoms with Gasteiger partial charge in [-0.25, -0.2) is 4.99 Å². The first-order chi connectivity index (χ1) is 15.8. The smallest absolute Gasteiger partial charge is 0.264 e. The average Bonchev–Trinajstić information content (AvgIpc) is 3.10. The van der Waals surface area contributed by atoms with Gasteiger partial charge in [0, 0.05) is 0 Å². The van der Waals surface area contributed by atoms with Crippen molar-refractivity contribution in [2.24, 2.45) is 4.99 Å². The van der Waals surface area contributed by atoms with Crippen LogP contribution in [0.4, 0.5) is 5.69 Å². The number of benzene rings is 3. The second-order valence-corrected chi connectivity index (χ2v) is 11.3. The van der Waals surface area contributed by atoms with Crippen molar-refractivity contribution >= 4 is 103 Å². The zero-order chi connectivity index (χ0) is 23.5. The predicted octanol–water partition coefficient (Wildman–Crippen LogP) is 7.98. The molecule has 1 heterocycles. The first-order valence-electron chi connectivity index (χ1n) is 9.71. The molecule has 0 saturated carbocycles. The normalized spacial score (nSPS) is 15.8. The van der Waals surface area contributed by atoms with Crippen LogP contribution in [0.3, 0.4) is 0 Å². The summed E-state index contributed by atoms with van der Waals surface area (Å²) in [5.74, 6) is 0.627. The van der Waals surface area contributed by atoms with E-state index in [2.05, 4.69) is 86.7 Å². The van der Waals surface area contributed by atoms with Gasteiger partial charge < -0.3 is 10.1 Å². The number of ether oxygens (including phenoxy) is 1. The van der Waals surface area contributed by atoms with E-state index < -0.39 is 0 Å². The molecule has 1 amide bonds. The van der Waals surface area contributed by atoms with Crippen molar-refractivity contribution in [1.82, 2.24) is 5.32 Å². The highest BCUT2D eigenvalue weighted by Crippen LogP contribution is 2.35. The van der Waals surface area contributed by atoms with E-state index >= 15 is 0 Å². The molecule has 33 heavy (non-hydrogen) atoms. The minimum atomic E-state index is -0.207. The van der Waals surface area contributed by atoms with E-state index in [-0.39, 0.29) is 5.91 Å². The molecule has 3 aromatic rings. The fraction of sp³-hybridized carbons (Fsp3) is 0.0833. The lowest BCUT2D eigenvalue weighted by atomic mass is 10.1. The Balaban J connectivity index is 1.51. The molecule has 9 heteroatoms. The molecular weight excluding hydrogens is 705 g/mol. The molecule has 0 aliphatic carbocycles. The summed E-state index contributed by atoms with van der Waals surface area (Å²) in [5.41, 5.74) is 3.75. The lowest BCUT2D eigenvalue weighted by Gasteiger charge is -2.12. The lowest BCUT2D eigenvalue weighted by molar-refractivity contribution is -0.115. The highest BCUT2D eigenvalue weighted by Gasteiger charge is 2.24. The fourth-order valence-electron chi connectivity index (χ4n) is 2.96. The molecule has 4 nitrogen and oxygen atoms in total. The van der Waals surface area contributed by atoms with E-state index in [0.717, 1.165) is 24.0 Å². The molecule has 1 N–H and O–H groups in total. The number of carbonyl (C=O) groups excluding carboxylic acids is 1. The maximum absolute atomic E-state index is 12.5. The summed E-state index contributed by atoms with van der Waals surface area (Å²) in [6, 6.07) is 17.5. The summed E-state index contributed by atoms with van der Waals surface area (Å²) >= 11 is 18.0. The van der Waals surface area contributed by atoms with Gasteiger partial charge in [-0.2, -0.15) is 0 Å². The number of amides is 1.